The number of hydrogen-bond acceptors (Lipinski definition) is 2. The van der Waals surface area contributed by atoms with Crippen molar-refractivity contribution in [3.63, 3.8) is 0 Å². The third kappa shape index (κ3) is 3.30. The van der Waals surface area contributed by atoms with E-state index in [4.69, 9.17) is 5.11 Å². The molecule has 0 aliphatic carbocycles. The van der Waals surface area contributed by atoms with Gasteiger partial charge in [-0.2, -0.15) is 0 Å². The number of amides is 2. The summed E-state index contributed by atoms with van der Waals surface area (Å²) in [5.41, 5.74) is 1.73. The van der Waals surface area contributed by atoms with Gasteiger partial charge in [0.1, 0.15) is 0 Å². The van der Waals surface area contributed by atoms with E-state index in [-0.39, 0.29) is 12.6 Å². The quantitative estimate of drug-likeness (QED) is 0.869. The zero-order chi connectivity index (χ0) is 14.7. The van der Waals surface area contributed by atoms with Gasteiger partial charge in [-0.3, -0.25) is 4.79 Å². The van der Waals surface area contributed by atoms with Crippen LogP contribution in [0.3, 0.4) is 0 Å². The molecule has 0 radical (unpaired) electrons. The summed E-state index contributed by atoms with van der Waals surface area (Å²) in [7, 11) is 0. The zero-order valence-electron chi connectivity index (χ0n) is 11.2. The molecule has 1 aromatic rings. The Hall–Kier alpha value is -1.56. The highest BCUT2D eigenvalue weighted by Crippen LogP contribution is 2.26. The second-order valence-corrected chi connectivity index (χ2v) is 5.78. The molecular weight excluding hydrogens is 324 g/mol. The number of benzene rings is 1. The fourth-order valence-electron chi connectivity index (χ4n) is 2.30. The highest BCUT2D eigenvalue weighted by molar-refractivity contribution is 9.10. The van der Waals surface area contributed by atoms with Gasteiger partial charge in [-0.25, -0.2) is 4.79 Å². The fraction of sp³-hybridized carbons (Fsp3) is 0.429. The van der Waals surface area contributed by atoms with E-state index < -0.39 is 11.9 Å². The number of rotatable bonds is 2. The lowest BCUT2D eigenvalue weighted by Gasteiger charge is -2.30. The SMILES string of the molecule is Cc1cccc(NC(=O)N2CCCC(C(=O)O)C2)c1Br. The van der Waals surface area contributed by atoms with Crippen LogP contribution >= 0.6 is 15.9 Å². The van der Waals surface area contributed by atoms with Gasteiger partial charge < -0.3 is 15.3 Å². The molecule has 6 heteroatoms. The average Bonchev–Trinajstić information content (AvgIpc) is 2.44. The molecule has 1 saturated heterocycles. The number of hydrogen-bond donors (Lipinski definition) is 2. The van der Waals surface area contributed by atoms with Crippen LogP contribution in [0.4, 0.5) is 10.5 Å². The summed E-state index contributed by atoms with van der Waals surface area (Å²) < 4.78 is 0.847. The third-order valence-corrected chi connectivity index (χ3v) is 4.54. The van der Waals surface area contributed by atoms with Gasteiger partial charge in [0, 0.05) is 17.6 Å². The maximum Gasteiger partial charge on any atom is 0.321 e. The van der Waals surface area contributed by atoms with E-state index in [0.717, 1.165) is 16.5 Å². The number of urea groups is 1. The molecule has 1 aromatic carbocycles. The van der Waals surface area contributed by atoms with Gasteiger partial charge in [0.25, 0.3) is 0 Å². The molecule has 1 aliphatic rings. The zero-order valence-corrected chi connectivity index (χ0v) is 12.8. The monoisotopic (exact) mass is 340 g/mol. The summed E-state index contributed by atoms with van der Waals surface area (Å²) in [5.74, 6) is -1.30. The first-order valence-corrected chi connectivity index (χ1v) is 7.32. The summed E-state index contributed by atoms with van der Waals surface area (Å²) in [6, 6.07) is 5.38. The maximum atomic E-state index is 12.2. The molecular formula is C14H17BrN2O3. The Morgan fingerprint density at radius 1 is 1.45 bits per heavy atom. The second-order valence-electron chi connectivity index (χ2n) is 4.99. The van der Waals surface area contributed by atoms with Crippen LogP contribution in [0.2, 0.25) is 0 Å². The Labute approximate surface area is 126 Å². The number of halogens is 1. The molecule has 1 heterocycles. The molecule has 2 rings (SSSR count). The third-order valence-electron chi connectivity index (χ3n) is 3.49. The van der Waals surface area contributed by atoms with Crippen molar-refractivity contribution in [2.24, 2.45) is 5.92 Å². The van der Waals surface area contributed by atoms with Crippen molar-refractivity contribution >= 4 is 33.6 Å². The maximum absolute atomic E-state index is 12.2. The molecule has 20 heavy (non-hydrogen) atoms. The van der Waals surface area contributed by atoms with E-state index in [9.17, 15) is 9.59 Å². The van der Waals surface area contributed by atoms with Crippen LogP contribution in [0, 0.1) is 12.8 Å². The van der Waals surface area contributed by atoms with E-state index in [1.165, 1.54) is 0 Å². The van der Waals surface area contributed by atoms with E-state index in [2.05, 4.69) is 21.2 Å². The molecule has 1 aliphatic heterocycles. The first kappa shape index (κ1) is 14.8. The Morgan fingerprint density at radius 3 is 2.90 bits per heavy atom. The van der Waals surface area contributed by atoms with Crippen LogP contribution in [0.1, 0.15) is 18.4 Å². The Balaban J connectivity index is 2.04. The Kier molecular flexibility index (Phi) is 4.65. The lowest BCUT2D eigenvalue weighted by molar-refractivity contribution is -0.143. The molecule has 1 atom stereocenters. The van der Waals surface area contributed by atoms with Crippen molar-refractivity contribution in [3.05, 3.63) is 28.2 Å². The first-order chi connectivity index (χ1) is 9.49. The van der Waals surface area contributed by atoms with Crippen LogP contribution in [-0.4, -0.2) is 35.1 Å². The highest BCUT2D eigenvalue weighted by Gasteiger charge is 2.28. The Morgan fingerprint density at radius 2 is 2.20 bits per heavy atom. The number of carboxylic acid groups (broad SMARTS) is 1. The van der Waals surface area contributed by atoms with Gasteiger partial charge in [0.05, 0.1) is 11.6 Å². The van der Waals surface area contributed by atoms with Crippen LogP contribution in [-0.2, 0) is 4.79 Å². The minimum absolute atomic E-state index is 0.248. The number of aryl methyl sites for hydroxylation is 1. The molecule has 0 aromatic heterocycles. The number of carbonyl (C=O) groups is 2. The summed E-state index contributed by atoms with van der Waals surface area (Å²) in [5, 5.41) is 11.9. The molecule has 0 saturated carbocycles. The van der Waals surface area contributed by atoms with Crippen molar-refractivity contribution in [1.29, 1.82) is 0 Å². The van der Waals surface area contributed by atoms with Crippen LogP contribution in [0.15, 0.2) is 22.7 Å². The van der Waals surface area contributed by atoms with Crippen molar-refractivity contribution < 1.29 is 14.7 Å². The fourth-order valence-corrected chi connectivity index (χ4v) is 2.66. The predicted molar refractivity (Wildman–Crippen MR) is 79.8 cm³/mol. The standard InChI is InChI=1S/C14H17BrN2O3/c1-9-4-2-6-11(12(9)15)16-14(20)17-7-3-5-10(8-17)13(18)19/h2,4,6,10H,3,5,7-8H2,1H3,(H,16,20)(H,18,19). The van der Waals surface area contributed by atoms with Crippen molar-refractivity contribution in [1.82, 2.24) is 4.90 Å². The van der Waals surface area contributed by atoms with Gasteiger partial charge in [-0.15, -0.1) is 0 Å². The van der Waals surface area contributed by atoms with E-state index in [0.29, 0.717) is 18.7 Å². The second kappa shape index (κ2) is 6.26. The van der Waals surface area contributed by atoms with Crippen molar-refractivity contribution in [3.8, 4) is 0 Å². The largest absolute Gasteiger partial charge is 0.481 e. The summed E-state index contributed by atoms with van der Waals surface area (Å²) >= 11 is 3.44. The summed E-state index contributed by atoms with van der Waals surface area (Å²) in [6.45, 7) is 2.81. The van der Waals surface area contributed by atoms with Crippen LogP contribution < -0.4 is 5.32 Å². The molecule has 1 unspecified atom stereocenters. The molecule has 5 nitrogen and oxygen atoms in total. The number of carboxylic acids is 1. The summed E-state index contributed by atoms with van der Waals surface area (Å²) in [4.78, 5) is 24.8. The number of nitrogens with one attached hydrogen (secondary N) is 1. The normalized spacial score (nSPS) is 18.7. The molecule has 2 amide bonds. The van der Waals surface area contributed by atoms with Crippen molar-refractivity contribution in [2.75, 3.05) is 18.4 Å². The lowest BCUT2D eigenvalue weighted by Crippen LogP contribution is -2.44. The highest BCUT2D eigenvalue weighted by atomic mass is 79.9. The molecule has 1 fully saturated rings. The minimum Gasteiger partial charge on any atom is -0.481 e. The summed E-state index contributed by atoms with van der Waals surface area (Å²) in [6.07, 6.45) is 1.35. The first-order valence-electron chi connectivity index (χ1n) is 6.53. The van der Waals surface area contributed by atoms with Gasteiger partial charge in [-0.05, 0) is 47.3 Å². The van der Waals surface area contributed by atoms with Gasteiger partial charge >= 0.3 is 12.0 Å². The number of aliphatic carboxylic acids is 1. The minimum atomic E-state index is -0.834. The number of anilines is 1. The lowest BCUT2D eigenvalue weighted by atomic mass is 9.99. The number of nitrogens with zero attached hydrogens (tertiary/aromatic N) is 1. The van der Waals surface area contributed by atoms with E-state index in [1.54, 1.807) is 4.90 Å². The van der Waals surface area contributed by atoms with Crippen molar-refractivity contribution in [2.45, 2.75) is 19.8 Å². The Bertz CT molecular complexity index is 533. The van der Waals surface area contributed by atoms with E-state index in [1.807, 2.05) is 25.1 Å². The topological polar surface area (TPSA) is 69.6 Å². The number of piperidine rings is 1. The smallest absolute Gasteiger partial charge is 0.321 e. The van der Waals surface area contributed by atoms with Crippen LogP contribution in [0.25, 0.3) is 0 Å². The van der Waals surface area contributed by atoms with Gasteiger partial charge in [-0.1, -0.05) is 12.1 Å². The van der Waals surface area contributed by atoms with Crippen LogP contribution in [0.5, 0.6) is 0 Å². The van der Waals surface area contributed by atoms with E-state index >= 15 is 0 Å². The molecule has 0 spiro atoms. The van der Waals surface area contributed by atoms with Gasteiger partial charge in [0.15, 0.2) is 0 Å². The molecule has 108 valence electrons. The molecule has 0 bridgehead atoms. The van der Waals surface area contributed by atoms with Gasteiger partial charge in [0.2, 0.25) is 0 Å². The average molecular weight is 341 g/mol. The number of carbonyl (C=O) groups excluding carboxylic acids is 1. The molecule has 2 N–H and O–H groups in total. The predicted octanol–water partition coefficient (Wildman–Crippen LogP) is 3.09. The number of likely N-dealkylation sites (tertiary alicyclic amines) is 1.